The van der Waals surface area contributed by atoms with Crippen LogP contribution in [0.5, 0.6) is 5.75 Å². The maximum atomic E-state index is 12.7. The van der Waals surface area contributed by atoms with E-state index in [0.29, 0.717) is 11.8 Å². The van der Waals surface area contributed by atoms with Crippen LogP contribution < -0.4 is 4.74 Å². The molecule has 0 bridgehead atoms. The van der Waals surface area contributed by atoms with Crippen molar-refractivity contribution < 1.29 is 14.3 Å². The minimum Gasteiger partial charge on any atom is -0.464 e. The molecule has 3 nitrogen and oxygen atoms in total. The molecule has 2 aliphatic rings. The van der Waals surface area contributed by atoms with Crippen LogP contribution >= 0.6 is 0 Å². The first-order valence-corrected chi connectivity index (χ1v) is 8.53. The van der Waals surface area contributed by atoms with Gasteiger partial charge >= 0.3 is 0 Å². The van der Waals surface area contributed by atoms with Crippen molar-refractivity contribution in [2.75, 3.05) is 6.61 Å². The quantitative estimate of drug-likeness (QED) is 0.748. The smallest absolute Gasteiger partial charge is 0.199 e. The molecule has 1 aliphatic heterocycles. The summed E-state index contributed by atoms with van der Waals surface area (Å²) in [4.78, 5) is 12.7. The van der Waals surface area contributed by atoms with Crippen molar-refractivity contribution in [3.8, 4) is 5.75 Å². The molecule has 1 heterocycles. The lowest BCUT2D eigenvalue weighted by Gasteiger charge is -2.26. The van der Waals surface area contributed by atoms with Gasteiger partial charge in [0.1, 0.15) is 5.75 Å². The fourth-order valence-electron chi connectivity index (χ4n) is 3.16. The third-order valence-corrected chi connectivity index (χ3v) is 4.77. The number of hydrogen-bond acceptors (Lipinski definition) is 3. The number of Topliss-reactive ketones (excluding diaryl/α,β-unsaturated/α-hetero) is 1. The average molecular weight is 302 g/mol. The van der Waals surface area contributed by atoms with E-state index in [1.54, 1.807) is 0 Å². The molecule has 1 aromatic carbocycles. The summed E-state index contributed by atoms with van der Waals surface area (Å²) in [5.41, 5.74) is 1.85. The Morgan fingerprint density at radius 3 is 2.68 bits per heavy atom. The Balaban J connectivity index is 1.90. The normalized spacial score (nSPS) is 27.7. The summed E-state index contributed by atoms with van der Waals surface area (Å²) in [7, 11) is 0. The van der Waals surface area contributed by atoms with Gasteiger partial charge in [0.05, 0.1) is 12.2 Å². The van der Waals surface area contributed by atoms with E-state index in [4.69, 9.17) is 9.47 Å². The van der Waals surface area contributed by atoms with Crippen LogP contribution in [-0.2, 0) is 4.74 Å². The fourth-order valence-corrected chi connectivity index (χ4v) is 3.16. The lowest BCUT2D eigenvalue weighted by Crippen LogP contribution is -2.26. The largest absolute Gasteiger partial charge is 0.464 e. The molecule has 3 atom stereocenters. The SMILES string of the molecule is CC(C)c1cccc(C(=O)C2C[C@@H]2C)c1OC1CCCCO1. The van der Waals surface area contributed by atoms with E-state index >= 15 is 0 Å². The number of ether oxygens (including phenoxy) is 2. The van der Waals surface area contributed by atoms with Crippen molar-refractivity contribution in [3.63, 3.8) is 0 Å². The van der Waals surface area contributed by atoms with E-state index in [1.165, 1.54) is 0 Å². The highest BCUT2D eigenvalue weighted by molar-refractivity contribution is 6.02. The zero-order valence-corrected chi connectivity index (χ0v) is 13.8. The van der Waals surface area contributed by atoms with E-state index < -0.39 is 0 Å². The van der Waals surface area contributed by atoms with Crippen molar-refractivity contribution in [3.05, 3.63) is 29.3 Å². The predicted molar refractivity (Wildman–Crippen MR) is 86.4 cm³/mol. The van der Waals surface area contributed by atoms with Gasteiger partial charge in [-0.2, -0.15) is 0 Å². The number of benzene rings is 1. The lowest BCUT2D eigenvalue weighted by atomic mass is 9.95. The summed E-state index contributed by atoms with van der Waals surface area (Å²) in [5.74, 6) is 2.00. The predicted octanol–water partition coefficient (Wildman–Crippen LogP) is 4.55. The first kappa shape index (κ1) is 15.5. The Morgan fingerprint density at radius 2 is 2.09 bits per heavy atom. The molecular weight excluding hydrogens is 276 g/mol. The van der Waals surface area contributed by atoms with Crippen LogP contribution in [0.4, 0.5) is 0 Å². The molecule has 0 aromatic heterocycles. The van der Waals surface area contributed by atoms with E-state index in [2.05, 4.69) is 26.8 Å². The molecule has 1 saturated heterocycles. The number of rotatable bonds is 5. The second-order valence-corrected chi connectivity index (χ2v) is 6.98. The van der Waals surface area contributed by atoms with Gasteiger partial charge in [0.15, 0.2) is 12.1 Å². The highest BCUT2D eigenvalue weighted by Crippen LogP contribution is 2.43. The molecule has 1 aliphatic carbocycles. The Bertz CT molecular complexity index is 544. The number of carbonyl (C=O) groups excluding carboxylic acids is 1. The number of ketones is 1. The second kappa shape index (κ2) is 6.41. The Hall–Kier alpha value is -1.35. The Morgan fingerprint density at radius 1 is 1.32 bits per heavy atom. The standard InChI is InChI=1S/C19H26O3/c1-12(2)14-7-6-8-15(18(20)16-11-13(16)3)19(14)22-17-9-4-5-10-21-17/h6-8,12-13,16-17H,4-5,9-11H2,1-3H3/t13-,16?,17?/m0/s1. The van der Waals surface area contributed by atoms with Crippen LogP contribution in [0.15, 0.2) is 18.2 Å². The summed E-state index contributed by atoms with van der Waals surface area (Å²) >= 11 is 0. The van der Waals surface area contributed by atoms with Crippen molar-refractivity contribution in [1.82, 2.24) is 0 Å². The molecule has 0 spiro atoms. The molecule has 0 radical (unpaired) electrons. The lowest BCUT2D eigenvalue weighted by molar-refractivity contribution is -0.106. The zero-order chi connectivity index (χ0) is 15.7. The average Bonchev–Trinajstić information content (AvgIpc) is 3.24. The Labute approximate surface area is 133 Å². The monoisotopic (exact) mass is 302 g/mol. The van der Waals surface area contributed by atoms with Gasteiger partial charge in [-0.1, -0.05) is 32.9 Å². The molecule has 1 aromatic rings. The summed E-state index contributed by atoms with van der Waals surface area (Å²) in [6, 6.07) is 5.96. The zero-order valence-electron chi connectivity index (χ0n) is 13.8. The Kier molecular flexibility index (Phi) is 4.53. The number of para-hydroxylation sites is 1. The highest BCUT2D eigenvalue weighted by atomic mass is 16.7. The van der Waals surface area contributed by atoms with Crippen LogP contribution in [0.25, 0.3) is 0 Å². The maximum absolute atomic E-state index is 12.7. The fraction of sp³-hybridized carbons (Fsp3) is 0.632. The highest BCUT2D eigenvalue weighted by Gasteiger charge is 2.41. The van der Waals surface area contributed by atoms with Crippen LogP contribution in [0.2, 0.25) is 0 Å². The molecule has 0 amide bonds. The van der Waals surface area contributed by atoms with Crippen LogP contribution in [0.1, 0.15) is 68.3 Å². The van der Waals surface area contributed by atoms with Crippen molar-refractivity contribution >= 4 is 5.78 Å². The molecule has 2 unspecified atom stereocenters. The van der Waals surface area contributed by atoms with Gasteiger partial charge in [-0.25, -0.2) is 0 Å². The minimum atomic E-state index is -0.211. The van der Waals surface area contributed by atoms with Crippen LogP contribution in [0, 0.1) is 11.8 Å². The number of hydrogen-bond donors (Lipinski definition) is 0. The van der Waals surface area contributed by atoms with Crippen molar-refractivity contribution in [1.29, 1.82) is 0 Å². The maximum Gasteiger partial charge on any atom is 0.199 e. The van der Waals surface area contributed by atoms with Crippen molar-refractivity contribution in [2.45, 2.75) is 58.7 Å². The van der Waals surface area contributed by atoms with Crippen LogP contribution in [0.3, 0.4) is 0 Å². The van der Waals surface area contributed by atoms with Gasteiger partial charge in [-0.05, 0) is 42.7 Å². The molecule has 0 N–H and O–H groups in total. The molecule has 22 heavy (non-hydrogen) atoms. The summed E-state index contributed by atoms with van der Waals surface area (Å²) < 4.78 is 11.9. The third kappa shape index (κ3) is 3.19. The van der Waals surface area contributed by atoms with E-state index in [9.17, 15) is 4.79 Å². The third-order valence-electron chi connectivity index (χ3n) is 4.77. The first-order chi connectivity index (χ1) is 10.6. The topological polar surface area (TPSA) is 35.5 Å². The van der Waals surface area contributed by atoms with Gasteiger partial charge in [0.25, 0.3) is 0 Å². The van der Waals surface area contributed by atoms with Gasteiger partial charge < -0.3 is 9.47 Å². The van der Waals surface area contributed by atoms with E-state index in [1.807, 2.05) is 12.1 Å². The molecule has 3 heteroatoms. The van der Waals surface area contributed by atoms with Crippen LogP contribution in [-0.4, -0.2) is 18.7 Å². The molecule has 3 rings (SSSR count). The molecule has 1 saturated carbocycles. The molecular formula is C19H26O3. The minimum absolute atomic E-state index is 0.178. The molecule has 120 valence electrons. The summed E-state index contributed by atoms with van der Waals surface area (Å²) in [5, 5.41) is 0. The van der Waals surface area contributed by atoms with Gasteiger partial charge in [0, 0.05) is 12.3 Å². The van der Waals surface area contributed by atoms with E-state index in [0.717, 1.165) is 49.2 Å². The first-order valence-electron chi connectivity index (χ1n) is 8.53. The van der Waals surface area contributed by atoms with Gasteiger partial charge in [0.2, 0.25) is 0 Å². The summed E-state index contributed by atoms with van der Waals surface area (Å²) in [6.07, 6.45) is 3.91. The van der Waals surface area contributed by atoms with Gasteiger partial charge in [-0.15, -0.1) is 0 Å². The van der Waals surface area contributed by atoms with E-state index in [-0.39, 0.29) is 18.0 Å². The van der Waals surface area contributed by atoms with Gasteiger partial charge in [-0.3, -0.25) is 4.79 Å². The van der Waals surface area contributed by atoms with Crippen molar-refractivity contribution in [2.24, 2.45) is 11.8 Å². The molecule has 2 fully saturated rings. The second-order valence-electron chi connectivity index (χ2n) is 6.98. The number of carbonyl (C=O) groups is 1. The summed E-state index contributed by atoms with van der Waals surface area (Å²) in [6.45, 7) is 7.16.